The Bertz CT molecular complexity index is 590. The SMILES string of the molecule is Cc1c(C(=O)NCC(C)N2CCCC(C)C2)nnn1C1CCNCC1.Cl.Cl. The Morgan fingerprint density at radius 1 is 1.30 bits per heavy atom. The molecule has 0 aromatic carbocycles. The molecule has 2 saturated heterocycles. The van der Waals surface area contributed by atoms with E-state index in [4.69, 9.17) is 0 Å². The quantitative estimate of drug-likeness (QED) is 0.763. The van der Waals surface area contributed by atoms with Crippen LogP contribution in [0.4, 0.5) is 0 Å². The molecule has 1 aromatic rings. The van der Waals surface area contributed by atoms with Gasteiger partial charge in [-0.25, -0.2) is 4.68 Å². The Morgan fingerprint density at radius 3 is 2.67 bits per heavy atom. The summed E-state index contributed by atoms with van der Waals surface area (Å²) in [5.41, 5.74) is 1.35. The molecule has 1 amide bonds. The Morgan fingerprint density at radius 2 is 2.00 bits per heavy atom. The van der Waals surface area contributed by atoms with E-state index < -0.39 is 0 Å². The predicted molar refractivity (Wildman–Crippen MR) is 112 cm³/mol. The summed E-state index contributed by atoms with van der Waals surface area (Å²) in [5, 5.41) is 14.8. The lowest BCUT2D eigenvalue weighted by Crippen LogP contribution is -2.46. The van der Waals surface area contributed by atoms with Crippen molar-refractivity contribution in [2.75, 3.05) is 32.7 Å². The van der Waals surface area contributed by atoms with Crippen molar-refractivity contribution in [2.45, 2.75) is 58.5 Å². The second-order valence-corrected chi connectivity index (χ2v) is 7.75. The number of piperidine rings is 2. The lowest BCUT2D eigenvalue weighted by atomic mass is 9.99. The monoisotopic (exact) mass is 420 g/mol. The fourth-order valence-electron chi connectivity index (χ4n) is 4.03. The van der Waals surface area contributed by atoms with Crippen molar-refractivity contribution >= 4 is 30.7 Å². The lowest BCUT2D eigenvalue weighted by molar-refractivity contribution is 0.0912. The second kappa shape index (κ2) is 11.2. The number of hydrogen-bond donors (Lipinski definition) is 2. The number of amides is 1. The molecular weight excluding hydrogens is 387 g/mol. The summed E-state index contributed by atoms with van der Waals surface area (Å²) in [4.78, 5) is 15.0. The molecule has 9 heteroatoms. The molecule has 2 unspecified atom stereocenters. The van der Waals surface area contributed by atoms with Crippen LogP contribution in [-0.4, -0.2) is 64.6 Å². The van der Waals surface area contributed by atoms with Gasteiger partial charge in [0.25, 0.3) is 5.91 Å². The number of halogens is 2. The molecule has 2 atom stereocenters. The maximum absolute atomic E-state index is 12.6. The average Bonchev–Trinajstić information content (AvgIpc) is 3.01. The summed E-state index contributed by atoms with van der Waals surface area (Å²) in [7, 11) is 0. The Balaban J connectivity index is 0.00000182. The first-order chi connectivity index (χ1) is 12.1. The van der Waals surface area contributed by atoms with Crippen molar-refractivity contribution in [2.24, 2.45) is 5.92 Å². The van der Waals surface area contributed by atoms with E-state index in [0.717, 1.165) is 50.6 Å². The van der Waals surface area contributed by atoms with Gasteiger partial charge in [0.05, 0.1) is 11.7 Å². The molecule has 7 nitrogen and oxygen atoms in total. The standard InChI is InChI=1S/C18H32N6O.2ClH/c1-13-5-4-10-23(12-13)14(2)11-20-18(25)17-15(3)24(22-21-17)16-6-8-19-9-7-16;;/h13-14,16,19H,4-12H2,1-3H3,(H,20,25);2*1H. The lowest BCUT2D eigenvalue weighted by Gasteiger charge is -2.35. The summed E-state index contributed by atoms with van der Waals surface area (Å²) in [6.07, 6.45) is 4.64. The van der Waals surface area contributed by atoms with Crippen LogP contribution in [0.1, 0.15) is 61.8 Å². The fraction of sp³-hybridized carbons (Fsp3) is 0.833. The molecule has 2 N–H and O–H groups in total. The van der Waals surface area contributed by atoms with Gasteiger partial charge in [-0.2, -0.15) is 0 Å². The first kappa shape index (κ1) is 24.1. The Hall–Kier alpha value is -0.890. The van der Waals surface area contributed by atoms with Gasteiger partial charge < -0.3 is 10.6 Å². The van der Waals surface area contributed by atoms with E-state index in [1.807, 2.05) is 11.6 Å². The van der Waals surface area contributed by atoms with Crippen LogP contribution in [0.3, 0.4) is 0 Å². The van der Waals surface area contributed by atoms with E-state index in [0.29, 0.717) is 24.3 Å². The van der Waals surface area contributed by atoms with Crippen molar-refractivity contribution in [3.8, 4) is 0 Å². The summed E-state index contributed by atoms with van der Waals surface area (Å²) in [5.74, 6) is 0.647. The van der Waals surface area contributed by atoms with Gasteiger partial charge in [-0.05, 0) is 65.1 Å². The van der Waals surface area contributed by atoms with Gasteiger partial charge in [0.2, 0.25) is 0 Å². The predicted octanol–water partition coefficient (Wildman–Crippen LogP) is 2.20. The van der Waals surface area contributed by atoms with Crippen LogP contribution in [0.25, 0.3) is 0 Å². The minimum absolute atomic E-state index is 0. The highest BCUT2D eigenvalue weighted by Crippen LogP contribution is 2.20. The zero-order valence-corrected chi connectivity index (χ0v) is 18.2. The molecule has 1 aromatic heterocycles. The van der Waals surface area contributed by atoms with E-state index in [1.165, 1.54) is 12.8 Å². The zero-order valence-electron chi connectivity index (χ0n) is 16.6. The van der Waals surface area contributed by atoms with Crippen molar-refractivity contribution in [1.29, 1.82) is 0 Å². The molecule has 0 bridgehead atoms. The topological polar surface area (TPSA) is 75.1 Å². The molecule has 0 spiro atoms. The van der Waals surface area contributed by atoms with E-state index in [2.05, 4.69) is 39.7 Å². The first-order valence-electron chi connectivity index (χ1n) is 9.71. The molecule has 2 fully saturated rings. The number of likely N-dealkylation sites (tertiary alicyclic amines) is 1. The molecule has 0 aliphatic carbocycles. The number of carbonyl (C=O) groups excluding carboxylic acids is 1. The van der Waals surface area contributed by atoms with E-state index in [-0.39, 0.29) is 30.7 Å². The fourth-order valence-corrected chi connectivity index (χ4v) is 4.03. The number of nitrogens with one attached hydrogen (secondary N) is 2. The van der Waals surface area contributed by atoms with Gasteiger partial charge in [-0.15, -0.1) is 29.9 Å². The Labute approximate surface area is 174 Å². The summed E-state index contributed by atoms with van der Waals surface area (Å²) in [6, 6.07) is 0.704. The molecule has 2 aliphatic rings. The van der Waals surface area contributed by atoms with Crippen molar-refractivity contribution < 1.29 is 4.79 Å². The third-order valence-corrected chi connectivity index (χ3v) is 5.67. The highest BCUT2D eigenvalue weighted by molar-refractivity contribution is 5.93. The zero-order chi connectivity index (χ0) is 17.8. The minimum Gasteiger partial charge on any atom is -0.349 e. The molecule has 156 valence electrons. The number of aromatic nitrogens is 3. The molecule has 3 heterocycles. The highest BCUT2D eigenvalue weighted by atomic mass is 35.5. The minimum atomic E-state index is -0.102. The first-order valence-corrected chi connectivity index (χ1v) is 9.71. The molecule has 0 saturated carbocycles. The van der Waals surface area contributed by atoms with Crippen LogP contribution < -0.4 is 10.6 Å². The number of nitrogens with zero attached hydrogens (tertiary/aromatic N) is 4. The normalized spacial score (nSPS) is 22.4. The number of carbonyl (C=O) groups is 1. The molecule has 27 heavy (non-hydrogen) atoms. The van der Waals surface area contributed by atoms with Gasteiger partial charge in [0.1, 0.15) is 0 Å². The largest absolute Gasteiger partial charge is 0.349 e. The van der Waals surface area contributed by atoms with Gasteiger partial charge in [0.15, 0.2) is 5.69 Å². The number of rotatable bonds is 5. The average molecular weight is 421 g/mol. The molecule has 3 rings (SSSR count). The van der Waals surface area contributed by atoms with Crippen LogP contribution in [0.2, 0.25) is 0 Å². The summed E-state index contributed by atoms with van der Waals surface area (Å²) < 4.78 is 1.94. The molecule has 0 radical (unpaired) electrons. The van der Waals surface area contributed by atoms with Crippen molar-refractivity contribution in [1.82, 2.24) is 30.5 Å². The maximum atomic E-state index is 12.6. The van der Waals surface area contributed by atoms with Crippen molar-refractivity contribution in [3.05, 3.63) is 11.4 Å². The van der Waals surface area contributed by atoms with Crippen molar-refractivity contribution in [3.63, 3.8) is 0 Å². The van der Waals surface area contributed by atoms with Gasteiger partial charge >= 0.3 is 0 Å². The maximum Gasteiger partial charge on any atom is 0.273 e. The summed E-state index contributed by atoms with van der Waals surface area (Å²) in [6.45, 7) is 11.4. The van der Waals surface area contributed by atoms with Gasteiger partial charge in [0, 0.05) is 19.1 Å². The second-order valence-electron chi connectivity index (χ2n) is 7.75. The third-order valence-electron chi connectivity index (χ3n) is 5.67. The van der Waals surface area contributed by atoms with Gasteiger partial charge in [-0.3, -0.25) is 9.69 Å². The smallest absolute Gasteiger partial charge is 0.273 e. The summed E-state index contributed by atoms with van der Waals surface area (Å²) >= 11 is 0. The highest BCUT2D eigenvalue weighted by Gasteiger charge is 2.24. The van der Waals surface area contributed by atoms with Crippen LogP contribution in [0, 0.1) is 12.8 Å². The van der Waals surface area contributed by atoms with Crippen LogP contribution >= 0.6 is 24.8 Å². The van der Waals surface area contributed by atoms with Crippen LogP contribution in [0.15, 0.2) is 0 Å². The van der Waals surface area contributed by atoms with Crippen LogP contribution in [-0.2, 0) is 0 Å². The van der Waals surface area contributed by atoms with Gasteiger partial charge in [-0.1, -0.05) is 12.1 Å². The van der Waals surface area contributed by atoms with E-state index in [9.17, 15) is 4.79 Å². The molecule has 2 aliphatic heterocycles. The van der Waals surface area contributed by atoms with Crippen LogP contribution in [0.5, 0.6) is 0 Å². The van der Waals surface area contributed by atoms with E-state index in [1.54, 1.807) is 0 Å². The Kier molecular flexibility index (Phi) is 10.0. The van der Waals surface area contributed by atoms with E-state index >= 15 is 0 Å². The number of hydrogen-bond acceptors (Lipinski definition) is 5. The third kappa shape index (κ3) is 6.04. The molecular formula is C18H34Cl2N6O.